The third kappa shape index (κ3) is 2.68. The number of hydrogen-bond acceptors (Lipinski definition) is 3. The van der Waals surface area contributed by atoms with Crippen LogP contribution in [0.2, 0.25) is 0 Å². The van der Waals surface area contributed by atoms with Gasteiger partial charge in [0.1, 0.15) is 11.4 Å². The number of ether oxygens (including phenoxy) is 1. The molecule has 2 aromatic rings. The first-order valence-electron chi connectivity index (χ1n) is 5.73. The van der Waals surface area contributed by atoms with Crippen molar-refractivity contribution in [3.63, 3.8) is 0 Å². The van der Waals surface area contributed by atoms with E-state index in [1.54, 1.807) is 31.4 Å². The van der Waals surface area contributed by atoms with Gasteiger partial charge < -0.3 is 10.1 Å². The van der Waals surface area contributed by atoms with Crippen LogP contribution in [-0.2, 0) is 7.05 Å². The first-order valence-corrected chi connectivity index (χ1v) is 5.73. The van der Waals surface area contributed by atoms with Crippen molar-refractivity contribution in [3.8, 4) is 5.75 Å². The van der Waals surface area contributed by atoms with Crippen LogP contribution in [0.5, 0.6) is 5.75 Å². The second kappa shape index (κ2) is 5.35. The number of anilines is 1. The highest BCUT2D eigenvalue weighted by atomic mass is 16.5. The molecule has 0 saturated carbocycles. The zero-order valence-corrected chi connectivity index (χ0v) is 10.4. The molecule has 0 radical (unpaired) electrons. The molecule has 18 heavy (non-hydrogen) atoms. The van der Waals surface area contributed by atoms with Crippen LogP contribution in [0.3, 0.4) is 0 Å². The molecule has 0 saturated heterocycles. The quantitative estimate of drug-likeness (QED) is 0.897. The third-order valence-corrected chi connectivity index (χ3v) is 2.48. The van der Waals surface area contributed by atoms with Gasteiger partial charge in [-0.15, -0.1) is 0 Å². The highest BCUT2D eigenvalue weighted by molar-refractivity contribution is 6.02. The molecule has 0 fully saturated rings. The second-order valence-electron chi connectivity index (χ2n) is 3.75. The van der Waals surface area contributed by atoms with Crippen LogP contribution in [0.4, 0.5) is 5.69 Å². The monoisotopic (exact) mass is 245 g/mol. The van der Waals surface area contributed by atoms with E-state index >= 15 is 0 Å². The highest BCUT2D eigenvalue weighted by Crippen LogP contribution is 2.16. The van der Waals surface area contributed by atoms with Gasteiger partial charge in [-0.2, -0.15) is 5.10 Å². The van der Waals surface area contributed by atoms with Crippen LogP contribution in [0.15, 0.2) is 36.5 Å². The summed E-state index contributed by atoms with van der Waals surface area (Å²) in [6.45, 7) is 2.55. The van der Waals surface area contributed by atoms with Crippen LogP contribution >= 0.6 is 0 Å². The molecule has 0 aliphatic heterocycles. The summed E-state index contributed by atoms with van der Waals surface area (Å²) in [7, 11) is 1.73. The molecule has 1 aromatic carbocycles. The summed E-state index contributed by atoms with van der Waals surface area (Å²) < 4.78 is 6.86. The first kappa shape index (κ1) is 12.2. The average molecular weight is 245 g/mol. The minimum Gasteiger partial charge on any atom is -0.494 e. The Bertz CT molecular complexity index is 531. The summed E-state index contributed by atoms with van der Waals surface area (Å²) in [5.41, 5.74) is 1.24. The average Bonchev–Trinajstić information content (AvgIpc) is 2.78. The number of nitrogens with zero attached hydrogens (tertiary/aromatic N) is 2. The fourth-order valence-corrected chi connectivity index (χ4v) is 1.59. The van der Waals surface area contributed by atoms with Gasteiger partial charge in [-0.05, 0) is 37.3 Å². The number of carbonyl (C=O) groups excluding carboxylic acids is 1. The molecule has 0 spiro atoms. The van der Waals surface area contributed by atoms with Gasteiger partial charge in [-0.25, -0.2) is 0 Å². The topological polar surface area (TPSA) is 56.1 Å². The van der Waals surface area contributed by atoms with Gasteiger partial charge >= 0.3 is 0 Å². The molecule has 5 heteroatoms. The number of nitrogens with one attached hydrogen (secondary N) is 1. The molecule has 0 bridgehead atoms. The summed E-state index contributed by atoms with van der Waals surface area (Å²) >= 11 is 0. The van der Waals surface area contributed by atoms with Crippen molar-refractivity contribution in [2.45, 2.75) is 6.92 Å². The lowest BCUT2D eigenvalue weighted by Gasteiger charge is -2.07. The molecular weight excluding hydrogens is 230 g/mol. The van der Waals surface area contributed by atoms with Crippen molar-refractivity contribution in [2.75, 3.05) is 11.9 Å². The Kier molecular flexibility index (Phi) is 3.62. The van der Waals surface area contributed by atoms with E-state index in [2.05, 4.69) is 10.4 Å². The predicted octanol–water partition coefficient (Wildman–Crippen LogP) is 2.07. The van der Waals surface area contributed by atoms with E-state index in [-0.39, 0.29) is 5.91 Å². The van der Waals surface area contributed by atoms with Crippen molar-refractivity contribution >= 4 is 11.6 Å². The standard InChI is InChI=1S/C13H15N3O2/c1-3-18-11-6-4-10(5-7-11)15-13(17)12-8-9-14-16(12)2/h4-9H,3H2,1-2H3,(H,15,17). The lowest BCUT2D eigenvalue weighted by molar-refractivity contribution is 0.101. The van der Waals surface area contributed by atoms with E-state index in [0.717, 1.165) is 11.4 Å². The normalized spacial score (nSPS) is 10.1. The van der Waals surface area contributed by atoms with Gasteiger partial charge in [-0.1, -0.05) is 0 Å². The van der Waals surface area contributed by atoms with Crippen molar-refractivity contribution < 1.29 is 9.53 Å². The summed E-state index contributed by atoms with van der Waals surface area (Å²) in [5.74, 6) is 0.607. The Morgan fingerprint density at radius 2 is 2.06 bits per heavy atom. The van der Waals surface area contributed by atoms with E-state index in [1.807, 2.05) is 19.1 Å². The molecule has 0 atom stereocenters. The van der Waals surface area contributed by atoms with E-state index in [1.165, 1.54) is 4.68 Å². The number of rotatable bonds is 4. The number of aromatic nitrogens is 2. The van der Waals surface area contributed by atoms with E-state index < -0.39 is 0 Å². The Hall–Kier alpha value is -2.30. The first-order chi connectivity index (χ1) is 8.70. The largest absolute Gasteiger partial charge is 0.494 e. The Morgan fingerprint density at radius 3 is 2.61 bits per heavy atom. The number of hydrogen-bond donors (Lipinski definition) is 1. The molecule has 2 rings (SSSR count). The molecular formula is C13H15N3O2. The minimum atomic E-state index is -0.181. The number of carbonyl (C=O) groups is 1. The van der Waals surface area contributed by atoms with Crippen molar-refractivity contribution in [2.24, 2.45) is 7.05 Å². The number of amides is 1. The summed E-state index contributed by atoms with van der Waals surface area (Å²) in [5, 5.41) is 6.75. The van der Waals surface area contributed by atoms with Gasteiger partial charge in [0.25, 0.3) is 5.91 Å². The molecule has 1 aromatic heterocycles. The predicted molar refractivity (Wildman–Crippen MR) is 68.8 cm³/mol. The molecule has 0 unspecified atom stereocenters. The van der Waals surface area contributed by atoms with Crippen molar-refractivity contribution in [3.05, 3.63) is 42.2 Å². The van der Waals surface area contributed by atoms with Gasteiger partial charge in [0.05, 0.1) is 6.61 Å². The van der Waals surface area contributed by atoms with Gasteiger partial charge in [-0.3, -0.25) is 9.48 Å². The van der Waals surface area contributed by atoms with Crippen molar-refractivity contribution in [1.82, 2.24) is 9.78 Å². The summed E-state index contributed by atoms with van der Waals surface area (Å²) in [4.78, 5) is 11.9. The molecule has 94 valence electrons. The molecule has 1 heterocycles. The highest BCUT2D eigenvalue weighted by Gasteiger charge is 2.09. The maximum Gasteiger partial charge on any atom is 0.273 e. The van der Waals surface area contributed by atoms with Crippen molar-refractivity contribution in [1.29, 1.82) is 0 Å². The van der Waals surface area contributed by atoms with Crippen LogP contribution in [0.25, 0.3) is 0 Å². The number of benzene rings is 1. The lowest BCUT2D eigenvalue weighted by Crippen LogP contribution is -2.15. The van der Waals surface area contributed by atoms with Crippen LogP contribution in [0, 0.1) is 0 Å². The van der Waals surface area contributed by atoms with Crippen LogP contribution in [0.1, 0.15) is 17.4 Å². The van der Waals surface area contributed by atoms with E-state index in [4.69, 9.17) is 4.74 Å². The summed E-state index contributed by atoms with van der Waals surface area (Å²) in [6, 6.07) is 8.92. The summed E-state index contributed by atoms with van der Waals surface area (Å²) in [6.07, 6.45) is 1.59. The smallest absolute Gasteiger partial charge is 0.273 e. The van der Waals surface area contributed by atoms with Gasteiger partial charge in [0.15, 0.2) is 0 Å². The Morgan fingerprint density at radius 1 is 1.33 bits per heavy atom. The van der Waals surface area contributed by atoms with Crippen LogP contribution < -0.4 is 10.1 Å². The molecule has 0 aliphatic carbocycles. The molecule has 1 amide bonds. The SMILES string of the molecule is CCOc1ccc(NC(=O)c2ccnn2C)cc1. The molecule has 5 nitrogen and oxygen atoms in total. The molecule has 0 aliphatic rings. The van der Waals surface area contributed by atoms with Gasteiger partial charge in [0.2, 0.25) is 0 Å². The van der Waals surface area contributed by atoms with Crippen LogP contribution in [-0.4, -0.2) is 22.3 Å². The van der Waals surface area contributed by atoms with E-state index in [0.29, 0.717) is 12.3 Å². The van der Waals surface area contributed by atoms with E-state index in [9.17, 15) is 4.79 Å². The number of aryl methyl sites for hydroxylation is 1. The zero-order valence-electron chi connectivity index (χ0n) is 10.4. The van der Waals surface area contributed by atoms with Gasteiger partial charge in [0, 0.05) is 18.9 Å². The Labute approximate surface area is 105 Å². The molecule has 1 N–H and O–H groups in total. The third-order valence-electron chi connectivity index (χ3n) is 2.48. The minimum absolute atomic E-state index is 0.181. The lowest BCUT2D eigenvalue weighted by atomic mass is 10.3. The maximum absolute atomic E-state index is 11.9. The zero-order chi connectivity index (χ0) is 13.0. The Balaban J connectivity index is 2.05. The second-order valence-corrected chi connectivity index (χ2v) is 3.75. The fraction of sp³-hybridized carbons (Fsp3) is 0.231. The maximum atomic E-state index is 11.9. The fourth-order valence-electron chi connectivity index (χ4n) is 1.59.